The molecule has 0 aromatic heterocycles. The summed E-state index contributed by atoms with van der Waals surface area (Å²) in [6, 6.07) is 6.42. The molecule has 0 N–H and O–H groups in total. The van der Waals surface area contributed by atoms with Gasteiger partial charge in [0.25, 0.3) is 0 Å². The highest BCUT2D eigenvalue weighted by atomic mass is 16.6. The molecule has 0 saturated carbocycles. The van der Waals surface area contributed by atoms with Crippen molar-refractivity contribution in [3.05, 3.63) is 33.4 Å². The molecule has 16 heavy (non-hydrogen) atoms. The molecule has 0 spiro atoms. The van der Waals surface area contributed by atoms with E-state index in [-0.39, 0.29) is 29.0 Å². The fourth-order valence-electron chi connectivity index (χ4n) is 1.33. The largest absolute Gasteiger partial charge is 0.489 e. The van der Waals surface area contributed by atoms with Gasteiger partial charge >= 0.3 is 5.69 Å². The van der Waals surface area contributed by atoms with Crippen molar-refractivity contribution in [1.82, 2.24) is 0 Å². The van der Waals surface area contributed by atoms with Crippen LogP contribution >= 0.6 is 0 Å². The molecule has 0 fully saturated rings. The van der Waals surface area contributed by atoms with Crippen LogP contribution in [0, 0.1) is 32.8 Å². The van der Waals surface area contributed by atoms with E-state index < -0.39 is 4.92 Å². The number of nitrogens with zero attached hydrogens (tertiary/aromatic N) is 3. The van der Waals surface area contributed by atoms with E-state index in [1.165, 1.54) is 19.2 Å². The minimum absolute atomic E-state index is 0.0795. The van der Waals surface area contributed by atoms with Crippen LogP contribution < -0.4 is 4.74 Å². The van der Waals surface area contributed by atoms with Crippen LogP contribution in [-0.4, -0.2) is 12.0 Å². The van der Waals surface area contributed by atoms with Crippen LogP contribution in [0.25, 0.3) is 0 Å². The quantitative estimate of drug-likeness (QED) is 0.564. The van der Waals surface area contributed by atoms with E-state index in [4.69, 9.17) is 15.3 Å². The number of ether oxygens (including phenoxy) is 1. The Bertz CT molecular complexity index is 511. The second-order valence-corrected chi connectivity index (χ2v) is 2.86. The molecule has 0 saturated heterocycles. The summed E-state index contributed by atoms with van der Waals surface area (Å²) in [6.07, 6.45) is -0.0988. The molecule has 0 atom stereocenters. The summed E-state index contributed by atoms with van der Waals surface area (Å²) in [4.78, 5) is 10.2. The van der Waals surface area contributed by atoms with Crippen LogP contribution in [0.2, 0.25) is 0 Å². The van der Waals surface area contributed by atoms with Gasteiger partial charge in [0, 0.05) is 5.56 Å². The number of nitro groups is 1. The monoisotopic (exact) mass is 217 g/mol. The van der Waals surface area contributed by atoms with Crippen molar-refractivity contribution < 1.29 is 9.66 Å². The lowest BCUT2D eigenvalue weighted by Gasteiger charge is -2.06. The number of methoxy groups -OCH3 is 1. The van der Waals surface area contributed by atoms with Crippen molar-refractivity contribution in [2.24, 2.45) is 0 Å². The van der Waals surface area contributed by atoms with Crippen molar-refractivity contribution >= 4 is 5.69 Å². The number of hydrogen-bond donors (Lipinski definition) is 0. The summed E-state index contributed by atoms with van der Waals surface area (Å²) < 4.78 is 4.84. The van der Waals surface area contributed by atoms with E-state index in [1.807, 2.05) is 6.07 Å². The molecule has 80 valence electrons. The normalized spacial score (nSPS) is 8.94. The third-order valence-electron chi connectivity index (χ3n) is 1.99. The Morgan fingerprint density at radius 1 is 1.50 bits per heavy atom. The van der Waals surface area contributed by atoms with Gasteiger partial charge in [-0.3, -0.25) is 10.1 Å². The first-order chi connectivity index (χ1) is 7.65. The molecule has 0 amide bonds. The fraction of sp³-hybridized carbons (Fsp3) is 0.200. The number of nitro benzene ring substituents is 1. The van der Waals surface area contributed by atoms with E-state index in [0.29, 0.717) is 0 Å². The Morgan fingerprint density at radius 3 is 2.62 bits per heavy atom. The highest BCUT2D eigenvalue weighted by molar-refractivity contribution is 5.61. The minimum Gasteiger partial charge on any atom is -0.489 e. The average molecular weight is 217 g/mol. The lowest BCUT2D eigenvalue weighted by molar-refractivity contribution is -0.386. The third-order valence-corrected chi connectivity index (χ3v) is 1.99. The van der Waals surface area contributed by atoms with Gasteiger partial charge in [0.1, 0.15) is 11.6 Å². The minimum atomic E-state index is -0.646. The maximum atomic E-state index is 10.9. The standard InChI is InChI=1S/C10H7N3O3/c1-16-10-8(6-12)3-2-7(4-5-11)9(10)13(14)15/h2-3H,4H2,1H3. The second-order valence-electron chi connectivity index (χ2n) is 2.86. The summed E-state index contributed by atoms with van der Waals surface area (Å²) in [7, 11) is 1.25. The van der Waals surface area contributed by atoms with Crippen LogP contribution in [0.4, 0.5) is 5.69 Å². The molecule has 0 aliphatic heterocycles. The molecule has 1 aromatic carbocycles. The number of benzene rings is 1. The molecular formula is C10H7N3O3. The Morgan fingerprint density at radius 2 is 2.19 bits per heavy atom. The van der Waals surface area contributed by atoms with Crippen molar-refractivity contribution in [1.29, 1.82) is 10.5 Å². The van der Waals surface area contributed by atoms with E-state index in [1.54, 1.807) is 6.07 Å². The van der Waals surface area contributed by atoms with Crippen molar-refractivity contribution in [3.8, 4) is 17.9 Å². The SMILES string of the molecule is COc1c(C#N)ccc(CC#N)c1[N+](=O)[O-]. The summed E-state index contributed by atoms with van der Waals surface area (Å²) in [5, 5.41) is 28.1. The smallest absolute Gasteiger partial charge is 0.316 e. The summed E-state index contributed by atoms with van der Waals surface area (Å²) >= 11 is 0. The van der Waals surface area contributed by atoms with Crippen LogP contribution in [-0.2, 0) is 6.42 Å². The molecule has 0 aliphatic carbocycles. The van der Waals surface area contributed by atoms with Gasteiger partial charge < -0.3 is 4.74 Å². The highest BCUT2D eigenvalue weighted by Crippen LogP contribution is 2.34. The van der Waals surface area contributed by atoms with Gasteiger partial charge in [0.05, 0.1) is 24.5 Å². The Kier molecular flexibility index (Phi) is 3.41. The molecule has 0 aliphatic rings. The molecule has 1 rings (SSSR count). The number of nitriles is 2. The first-order valence-corrected chi connectivity index (χ1v) is 4.27. The summed E-state index contributed by atoms with van der Waals surface area (Å²) in [6.45, 7) is 0. The summed E-state index contributed by atoms with van der Waals surface area (Å²) in [5.41, 5.74) is 0.00217. The van der Waals surface area contributed by atoms with Crippen molar-refractivity contribution in [2.45, 2.75) is 6.42 Å². The Balaban J connectivity index is 3.53. The van der Waals surface area contributed by atoms with Crippen LogP contribution in [0.5, 0.6) is 5.75 Å². The zero-order valence-electron chi connectivity index (χ0n) is 8.43. The highest BCUT2D eigenvalue weighted by Gasteiger charge is 2.23. The maximum Gasteiger partial charge on any atom is 0.316 e. The summed E-state index contributed by atoms with van der Waals surface area (Å²) in [5.74, 6) is -0.0970. The molecule has 1 aromatic rings. The molecule has 6 nitrogen and oxygen atoms in total. The van der Waals surface area contributed by atoms with E-state index in [0.717, 1.165) is 0 Å². The van der Waals surface area contributed by atoms with Crippen molar-refractivity contribution in [2.75, 3.05) is 7.11 Å². The first kappa shape index (κ1) is 11.5. The third kappa shape index (κ3) is 1.91. The maximum absolute atomic E-state index is 10.9. The molecule has 0 radical (unpaired) electrons. The predicted molar refractivity (Wildman–Crippen MR) is 53.7 cm³/mol. The second kappa shape index (κ2) is 4.76. The van der Waals surface area contributed by atoms with E-state index >= 15 is 0 Å². The van der Waals surface area contributed by atoms with Crippen molar-refractivity contribution in [3.63, 3.8) is 0 Å². The lowest BCUT2D eigenvalue weighted by atomic mass is 10.1. The predicted octanol–water partition coefficient (Wildman–Crippen LogP) is 1.54. The molecule has 0 bridgehead atoms. The first-order valence-electron chi connectivity index (χ1n) is 4.27. The van der Waals surface area contributed by atoms with E-state index in [9.17, 15) is 10.1 Å². The average Bonchev–Trinajstić information content (AvgIpc) is 2.28. The Hall–Kier alpha value is -2.60. The Labute approximate surface area is 91.4 Å². The molecule has 6 heteroatoms. The van der Waals surface area contributed by atoms with Gasteiger partial charge in [0.15, 0.2) is 0 Å². The number of hydrogen-bond acceptors (Lipinski definition) is 5. The zero-order valence-corrected chi connectivity index (χ0v) is 8.43. The van der Waals surface area contributed by atoms with Gasteiger partial charge in [-0.2, -0.15) is 10.5 Å². The number of rotatable bonds is 3. The van der Waals surface area contributed by atoms with E-state index in [2.05, 4.69) is 0 Å². The van der Waals surface area contributed by atoms with Crippen LogP contribution in [0.15, 0.2) is 12.1 Å². The van der Waals surface area contributed by atoms with Crippen LogP contribution in [0.3, 0.4) is 0 Å². The molecule has 0 heterocycles. The van der Waals surface area contributed by atoms with Gasteiger partial charge in [0.2, 0.25) is 5.75 Å². The zero-order chi connectivity index (χ0) is 12.1. The van der Waals surface area contributed by atoms with Gasteiger partial charge in [-0.25, -0.2) is 0 Å². The fourth-order valence-corrected chi connectivity index (χ4v) is 1.33. The van der Waals surface area contributed by atoms with Gasteiger partial charge in [-0.05, 0) is 12.1 Å². The van der Waals surface area contributed by atoms with Gasteiger partial charge in [-0.15, -0.1) is 0 Å². The molecular weight excluding hydrogens is 210 g/mol. The topological polar surface area (TPSA) is 99.9 Å². The lowest BCUT2D eigenvalue weighted by Crippen LogP contribution is -2.00. The molecule has 0 unspecified atom stereocenters. The van der Waals surface area contributed by atoms with Gasteiger partial charge in [-0.1, -0.05) is 0 Å². The van der Waals surface area contributed by atoms with Crippen LogP contribution in [0.1, 0.15) is 11.1 Å².